The van der Waals surface area contributed by atoms with Gasteiger partial charge >= 0.3 is 0 Å². The highest BCUT2D eigenvalue weighted by Crippen LogP contribution is 2.24. The van der Waals surface area contributed by atoms with Crippen LogP contribution in [0, 0.1) is 0 Å². The first kappa shape index (κ1) is 7.22. The number of thiazole rings is 1. The quantitative estimate of drug-likeness (QED) is 0.678. The molecule has 0 amide bonds. The maximum Gasteiger partial charge on any atom is 0.0795 e. The first-order valence-electron chi connectivity index (χ1n) is 2.86. The molecule has 0 fully saturated rings. The molecule has 0 saturated heterocycles. The van der Waals surface area contributed by atoms with Gasteiger partial charge in [-0.15, -0.1) is 11.3 Å². The summed E-state index contributed by atoms with van der Waals surface area (Å²) in [5, 5.41) is 2.07. The molecule has 1 rings (SSSR count). The Bertz CT molecular complexity index is 162. The van der Waals surface area contributed by atoms with Crippen LogP contribution >= 0.6 is 27.3 Å². The Morgan fingerprint density at radius 3 is 3.11 bits per heavy atom. The molecule has 0 saturated carbocycles. The van der Waals surface area contributed by atoms with Crippen LogP contribution in [-0.4, -0.2) is 4.98 Å². The SMILES string of the molecule is CCC(Br)c1cscn1. The minimum absolute atomic E-state index is 0.448. The molecular weight excluding hydrogens is 198 g/mol. The smallest absolute Gasteiger partial charge is 0.0795 e. The summed E-state index contributed by atoms with van der Waals surface area (Å²) in [5.41, 5.74) is 3.02. The van der Waals surface area contributed by atoms with Crippen LogP contribution in [0.2, 0.25) is 0 Å². The predicted molar refractivity (Wildman–Crippen MR) is 44.1 cm³/mol. The van der Waals surface area contributed by atoms with E-state index in [-0.39, 0.29) is 0 Å². The lowest BCUT2D eigenvalue weighted by molar-refractivity contribution is 0.882. The molecule has 0 aliphatic carbocycles. The lowest BCUT2D eigenvalue weighted by Crippen LogP contribution is -1.85. The molecule has 0 bridgehead atoms. The molecule has 9 heavy (non-hydrogen) atoms. The molecular formula is C6H8BrNS. The van der Waals surface area contributed by atoms with E-state index >= 15 is 0 Å². The Morgan fingerprint density at radius 1 is 1.89 bits per heavy atom. The first-order chi connectivity index (χ1) is 4.34. The van der Waals surface area contributed by atoms with Crippen molar-refractivity contribution in [3.8, 4) is 0 Å². The monoisotopic (exact) mass is 205 g/mol. The third-order valence-corrected chi connectivity index (χ3v) is 2.85. The molecule has 0 spiro atoms. The van der Waals surface area contributed by atoms with Crippen molar-refractivity contribution in [2.24, 2.45) is 0 Å². The molecule has 1 atom stereocenters. The first-order valence-corrected chi connectivity index (χ1v) is 4.72. The van der Waals surface area contributed by atoms with Gasteiger partial charge in [0.2, 0.25) is 0 Å². The van der Waals surface area contributed by atoms with Crippen molar-refractivity contribution in [3.05, 3.63) is 16.6 Å². The second kappa shape index (κ2) is 3.32. The highest BCUT2D eigenvalue weighted by Gasteiger charge is 2.04. The number of alkyl halides is 1. The molecule has 1 aromatic rings. The van der Waals surface area contributed by atoms with Crippen molar-refractivity contribution in [1.29, 1.82) is 0 Å². The van der Waals surface area contributed by atoms with E-state index in [9.17, 15) is 0 Å². The molecule has 1 heterocycles. The fourth-order valence-corrected chi connectivity index (χ4v) is 1.62. The number of hydrogen-bond donors (Lipinski definition) is 0. The molecule has 0 N–H and O–H groups in total. The topological polar surface area (TPSA) is 12.9 Å². The Hall–Kier alpha value is 0.110. The highest BCUT2D eigenvalue weighted by atomic mass is 79.9. The molecule has 50 valence electrons. The van der Waals surface area contributed by atoms with E-state index < -0.39 is 0 Å². The van der Waals surface area contributed by atoms with E-state index in [1.165, 1.54) is 0 Å². The summed E-state index contributed by atoms with van der Waals surface area (Å²) >= 11 is 5.15. The van der Waals surface area contributed by atoms with Crippen molar-refractivity contribution in [1.82, 2.24) is 4.98 Å². The van der Waals surface area contributed by atoms with Crippen LogP contribution in [0.15, 0.2) is 10.9 Å². The van der Waals surface area contributed by atoms with Crippen LogP contribution in [0.25, 0.3) is 0 Å². The van der Waals surface area contributed by atoms with E-state index in [2.05, 4.69) is 33.2 Å². The zero-order valence-corrected chi connectivity index (χ0v) is 7.58. The van der Waals surface area contributed by atoms with E-state index in [1.54, 1.807) is 11.3 Å². The van der Waals surface area contributed by atoms with Crippen LogP contribution in [0.4, 0.5) is 0 Å². The Labute approximate surface area is 67.3 Å². The van der Waals surface area contributed by atoms with Crippen LogP contribution < -0.4 is 0 Å². The number of hydrogen-bond acceptors (Lipinski definition) is 2. The van der Waals surface area contributed by atoms with Crippen LogP contribution in [-0.2, 0) is 0 Å². The molecule has 1 aromatic heterocycles. The maximum atomic E-state index is 4.16. The van der Waals surface area contributed by atoms with Crippen molar-refractivity contribution in [3.63, 3.8) is 0 Å². The van der Waals surface area contributed by atoms with Gasteiger partial charge in [0.15, 0.2) is 0 Å². The van der Waals surface area contributed by atoms with Gasteiger partial charge < -0.3 is 0 Å². The van der Waals surface area contributed by atoms with Crippen molar-refractivity contribution < 1.29 is 0 Å². The number of halogens is 1. The zero-order valence-electron chi connectivity index (χ0n) is 5.17. The van der Waals surface area contributed by atoms with Crippen LogP contribution in [0.1, 0.15) is 23.9 Å². The average Bonchev–Trinajstić information content (AvgIpc) is 2.37. The lowest BCUT2D eigenvalue weighted by Gasteiger charge is -1.98. The number of nitrogens with zero attached hydrogens (tertiary/aromatic N) is 1. The van der Waals surface area contributed by atoms with Gasteiger partial charge in [-0.3, -0.25) is 0 Å². The number of rotatable bonds is 2. The second-order valence-corrected chi connectivity index (χ2v) is 3.61. The molecule has 1 nitrogen and oxygen atoms in total. The maximum absolute atomic E-state index is 4.16. The Balaban J connectivity index is 2.65. The molecule has 0 aliphatic rings. The average molecular weight is 206 g/mol. The highest BCUT2D eigenvalue weighted by molar-refractivity contribution is 9.09. The number of aromatic nitrogens is 1. The molecule has 1 unspecified atom stereocenters. The second-order valence-electron chi connectivity index (χ2n) is 1.79. The largest absolute Gasteiger partial charge is 0.249 e. The standard InChI is InChI=1S/C6H8BrNS/c1-2-5(7)6-3-9-4-8-6/h3-5H,2H2,1H3. The minimum Gasteiger partial charge on any atom is -0.249 e. The normalized spacial score (nSPS) is 13.6. The van der Waals surface area contributed by atoms with Crippen molar-refractivity contribution in [2.75, 3.05) is 0 Å². The van der Waals surface area contributed by atoms with Crippen molar-refractivity contribution >= 4 is 27.3 Å². The summed E-state index contributed by atoms with van der Waals surface area (Å²) in [6.45, 7) is 2.14. The fraction of sp³-hybridized carbons (Fsp3) is 0.500. The van der Waals surface area contributed by atoms with Crippen LogP contribution in [0.3, 0.4) is 0 Å². The zero-order chi connectivity index (χ0) is 6.69. The van der Waals surface area contributed by atoms with Gasteiger partial charge in [-0.05, 0) is 6.42 Å². The Morgan fingerprint density at radius 2 is 2.67 bits per heavy atom. The van der Waals surface area contributed by atoms with Gasteiger partial charge in [0.05, 0.1) is 16.0 Å². The van der Waals surface area contributed by atoms with E-state index in [1.807, 2.05) is 5.51 Å². The van der Waals surface area contributed by atoms with Gasteiger partial charge in [-0.2, -0.15) is 0 Å². The third kappa shape index (κ3) is 1.76. The molecule has 0 aliphatic heterocycles. The van der Waals surface area contributed by atoms with Gasteiger partial charge in [-0.25, -0.2) is 4.98 Å². The minimum atomic E-state index is 0.448. The molecule has 3 heteroatoms. The Kier molecular flexibility index (Phi) is 2.66. The third-order valence-electron chi connectivity index (χ3n) is 1.13. The fourth-order valence-electron chi connectivity index (χ4n) is 0.586. The lowest BCUT2D eigenvalue weighted by atomic mass is 10.3. The van der Waals surface area contributed by atoms with Crippen LogP contribution in [0.5, 0.6) is 0 Å². The summed E-state index contributed by atoms with van der Waals surface area (Å²) in [5.74, 6) is 0. The van der Waals surface area contributed by atoms with Gasteiger partial charge in [0, 0.05) is 5.38 Å². The summed E-state index contributed by atoms with van der Waals surface area (Å²) in [4.78, 5) is 4.61. The van der Waals surface area contributed by atoms with E-state index in [0.717, 1.165) is 12.1 Å². The molecule has 0 aromatic carbocycles. The van der Waals surface area contributed by atoms with Gasteiger partial charge in [-0.1, -0.05) is 22.9 Å². The van der Waals surface area contributed by atoms with Gasteiger partial charge in [0.25, 0.3) is 0 Å². The summed E-state index contributed by atoms with van der Waals surface area (Å²) in [6, 6.07) is 0. The summed E-state index contributed by atoms with van der Waals surface area (Å²) < 4.78 is 0. The van der Waals surface area contributed by atoms with E-state index in [4.69, 9.17) is 0 Å². The van der Waals surface area contributed by atoms with Gasteiger partial charge in [0.1, 0.15) is 0 Å². The van der Waals surface area contributed by atoms with E-state index in [0.29, 0.717) is 4.83 Å². The summed E-state index contributed by atoms with van der Waals surface area (Å²) in [7, 11) is 0. The predicted octanol–water partition coefficient (Wildman–Crippen LogP) is 2.99. The van der Waals surface area contributed by atoms with Crippen molar-refractivity contribution in [2.45, 2.75) is 18.2 Å². The molecule has 0 radical (unpaired) electrons. The summed E-state index contributed by atoms with van der Waals surface area (Å²) in [6.07, 6.45) is 1.10.